The van der Waals surface area contributed by atoms with Gasteiger partial charge in [0.05, 0.1) is 0 Å². The van der Waals surface area contributed by atoms with Crippen LogP contribution in [0.1, 0.15) is 76.5 Å². The first-order valence-electron chi connectivity index (χ1n) is 9.01. The number of rotatable bonds is 7. The highest BCUT2D eigenvalue weighted by Crippen LogP contribution is 2.32. The second-order valence-corrected chi connectivity index (χ2v) is 7.19. The van der Waals surface area contributed by atoms with E-state index in [1.165, 1.54) is 56.1 Å². The molecule has 0 aliphatic heterocycles. The van der Waals surface area contributed by atoms with Crippen molar-refractivity contribution in [2.45, 2.75) is 71.8 Å². The van der Waals surface area contributed by atoms with Crippen LogP contribution in [-0.2, 0) is 6.42 Å². The Kier molecular flexibility index (Phi) is 6.76. The van der Waals surface area contributed by atoms with Gasteiger partial charge < -0.3 is 5.32 Å². The molecule has 21 heavy (non-hydrogen) atoms. The Balaban J connectivity index is 2.05. The maximum Gasteiger partial charge on any atom is 0.0322 e. The van der Waals surface area contributed by atoms with E-state index in [0.717, 1.165) is 18.4 Å². The van der Waals surface area contributed by atoms with E-state index in [1.807, 2.05) is 0 Å². The minimum Gasteiger partial charge on any atom is -0.310 e. The van der Waals surface area contributed by atoms with Crippen molar-refractivity contribution in [2.75, 3.05) is 6.54 Å². The van der Waals surface area contributed by atoms with Crippen LogP contribution < -0.4 is 5.32 Å². The van der Waals surface area contributed by atoms with Crippen molar-refractivity contribution in [2.24, 2.45) is 11.8 Å². The van der Waals surface area contributed by atoms with Gasteiger partial charge in [-0.3, -0.25) is 0 Å². The lowest BCUT2D eigenvalue weighted by Crippen LogP contribution is -2.24. The molecule has 1 saturated carbocycles. The molecule has 1 heteroatoms. The molecule has 1 atom stereocenters. The van der Waals surface area contributed by atoms with Crippen molar-refractivity contribution in [3.63, 3.8) is 0 Å². The van der Waals surface area contributed by atoms with E-state index in [-0.39, 0.29) is 0 Å². The standard InChI is InChI=1S/C20H33N/c1-4-21-20(15-17-9-6-5-7-10-17)19-12-8-11-18(14-19)13-16(2)3/h8,11-12,14,16-17,20-21H,4-7,9-10,13,15H2,1-3H3. The molecule has 0 amide bonds. The topological polar surface area (TPSA) is 12.0 Å². The molecule has 1 aromatic carbocycles. The molecule has 0 spiro atoms. The predicted octanol–water partition coefficient (Wildman–Crippen LogP) is 5.51. The highest BCUT2D eigenvalue weighted by molar-refractivity contribution is 5.26. The Labute approximate surface area is 131 Å². The van der Waals surface area contributed by atoms with Crippen LogP contribution in [-0.4, -0.2) is 6.54 Å². The fraction of sp³-hybridized carbons (Fsp3) is 0.700. The maximum atomic E-state index is 3.73. The largest absolute Gasteiger partial charge is 0.310 e. The molecule has 1 nitrogen and oxygen atoms in total. The molecular weight excluding hydrogens is 254 g/mol. The van der Waals surface area contributed by atoms with Crippen LogP contribution in [0.2, 0.25) is 0 Å². The normalized spacial score (nSPS) is 18.1. The third-order valence-electron chi connectivity index (χ3n) is 4.74. The lowest BCUT2D eigenvalue weighted by molar-refractivity contribution is 0.301. The minimum atomic E-state index is 0.546. The van der Waals surface area contributed by atoms with Gasteiger partial charge >= 0.3 is 0 Å². The van der Waals surface area contributed by atoms with Crippen LogP contribution in [0.5, 0.6) is 0 Å². The second kappa shape index (κ2) is 8.58. The summed E-state index contributed by atoms with van der Waals surface area (Å²) in [4.78, 5) is 0. The Morgan fingerprint density at radius 1 is 1.14 bits per heavy atom. The summed E-state index contributed by atoms with van der Waals surface area (Å²) in [6.45, 7) is 7.89. The molecule has 0 bridgehead atoms. The maximum absolute atomic E-state index is 3.73. The molecule has 2 rings (SSSR count). The molecule has 1 aliphatic carbocycles. The lowest BCUT2D eigenvalue weighted by Gasteiger charge is -2.27. The van der Waals surface area contributed by atoms with Gasteiger partial charge in [-0.1, -0.05) is 77.1 Å². The third-order valence-corrected chi connectivity index (χ3v) is 4.74. The molecule has 0 aromatic heterocycles. The molecule has 1 aliphatic rings. The first-order valence-corrected chi connectivity index (χ1v) is 9.01. The van der Waals surface area contributed by atoms with Crippen molar-refractivity contribution in [1.82, 2.24) is 5.32 Å². The van der Waals surface area contributed by atoms with Gasteiger partial charge in [0.25, 0.3) is 0 Å². The van der Waals surface area contributed by atoms with E-state index in [1.54, 1.807) is 0 Å². The SMILES string of the molecule is CCNC(CC1CCCCC1)c1cccc(CC(C)C)c1. The lowest BCUT2D eigenvalue weighted by atomic mass is 9.83. The molecule has 0 saturated heterocycles. The summed E-state index contributed by atoms with van der Waals surface area (Å²) in [5.41, 5.74) is 3.00. The zero-order chi connectivity index (χ0) is 15.1. The van der Waals surface area contributed by atoms with Crippen molar-refractivity contribution in [3.8, 4) is 0 Å². The molecule has 1 aromatic rings. The minimum absolute atomic E-state index is 0.546. The van der Waals surface area contributed by atoms with Crippen LogP contribution in [0.15, 0.2) is 24.3 Å². The van der Waals surface area contributed by atoms with Gasteiger partial charge in [0.15, 0.2) is 0 Å². The van der Waals surface area contributed by atoms with E-state index >= 15 is 0 Å². The first-order chi connectivity index (χ1) is 10.2. The van der Waals surface area contributed by atoms with E-state index in [4.69, 9.17) is 0 Å². The summed E-state index contributed by atoms with van der Waals surface area (Å²) >= 11 is 0. The summed E-state index contributed by atoms with van der Waals surface area (Å²) in [6, 6.07) is 9.84. The Morgan fingerprint density at radius 3 is 2.57 bits per heavy atom. The highest BCUT2D eigenvalue weighted by atomic mass is 14.9. The molecule has 118 valence electrons. The molecule has 1 unspecified atom stereocenters. The van der Waals surface area contributed by atoms with Crippen LogP contribution in [0, 0.1) is 11.8 Å². The van der Waals surface area contributed by atoms with Crippen molar-refractivity contribution in [1.29, 1.82) is 0 Å². The average molecular weight is 287 g/mol. The molecular formula is C20H33N. The van der Waals surface area contributed by atoms with E-state index in [0.29, 0.717) is 6.04 Å². The van der Waals surface area contributed by atoms with Gasteiger partial charge in [0, 0.05) is 6.04 Å². The van der Waals surface area contributed by atoms with E-state index in [9.17, 15) is 0 Å². The summed E-state index contributed by atoms with van der Waals surface area (Å²) < 4.78 is 0. The number of hydrogen-bond donors (Lipinski definition) is 1. The van der Waals surface area contributed by atoms with Gasteiger partial charge in [-0.25, -0.2) is 0 Å². The Morgan fingerprint density at radius 2 is 1.90 bits per heavy atom. The van der Waals surface area contributed by atoms with Crippen LogP contribution in [0.4, 0.5) is 0 Å². The number of nitrogens with one attached hydrogen (secondary N) is 1. The zero-order valence-electron chi connectivity index (χ0n) is 14.2. The van der Waals surface area contributed by atoms with Gasteiger partial charge in [0.1, 0.15) is 0 Å². The molecule has 0 radical (unpaired) electrons. The van der Waals surface area contributed by atoms with Crippen molar-refractivity contribution >= 4 is 0 Å². The second-order valence-electron chi connectivity index (χ2n) is 7.19. The van der Waals surface area contributed by atoms with E-state index < -0.39 is 0 Å². The summed E-state index contributed by atoms with van der Waals surface area (Å²) in [5.74, 6) is 1.66. The summed E-state index contributed by atoms with van der Waals surface area (Å²) in [6.07, 6.45) is 9.72. The van der Waals surface area contributed by atoms with Crippen molar-refractivity contribution in [3.05, 3.63) is 35.4 Å². The quantitative estimate of drug-likeness (QED) is 0.697. The van der Waals surface area contributed by atoms with Gasteiger partial charge in [-0.15, -0.1) is 0 Å². The molecule has 1 fully saturated rings. The molecule has 0 heterocycles. The zero-order valence-corrected chi connectivity index (χ0v) is 14.2. The van der Waals surface area contributed by atoms with Gasteiger partial charge in [-0.2, -0.15) is 0 Å². The first kappa shape index (κ1) is 16.5. The summed E-state index contributed by atoms with van der Waals surface area (Å²) in [5, 5.41) is 3.73. The number of benzene rings is 1. The van der Waals surface area contributed by atoms with Crippen LogP contribution in [0.25, 0.3) is 0 Å². The highest BCUT2D eigenvalue weighted by Gasteiger charge is 2.19. The van der Waals surface area contributed by atoms with Gasteiger partial charge in [0.2, 0.25) is 0 Å². The molecule has 1 N–H and O–H groups in total. The Hall–Kier alpha value is -0.820. The fourth-order valence-corrected chi connectivity index (χ4v) is 3.75. The van der Waals surface area contributed by atoms with E-state index in [2.05, 4.69) is 50.4 Å². The van der Waals surface area contributed by atoms with Crippen molar-refractivity contribution < 1.29 is 0 Å². The Bertz CT molecular complexity index is 404. The smallest absolute Gasteiger partial charge is 0.0322 e. The average Bonchev–Trinajstić information content (AvgIpc) is 2.47. The third kappa shape index (κ3) is 5.47. The number of hydrogen-bond acceptors (Lipinski definition) is 1. The van der Waals surface area contributed by atoms with Crippen LogP contribution >= 0.6 is 0 Å². The predicted molar refractivity (Wildman–Crippen MR) is 92.6 cm³/mol. The van der Waals surface area contributed by atoms with Crippen LogP contribution in [0.3, 0.4) is 0 Å². The monoisotopic (exact) mass is 287 g/mol. The summed E-state index contributed by atoms with van der Waals surface area (Å²) in [7, 11) is 0. The fourth-order valence-electron chi connectivity index (χ4n) is 3.75. The van der Waals surface area contributed by atoms with Gasteiger partial charge in [-0.05, 0) is 42.3 Å².